The SMILES string of the molecule is COc1ccccc1N1C(=S)N[C@H](c2ccccn2)[C@@H]1c1ccc(-c2ccc(F)cc2)o1. The molecule has 0 spiro atoms. The van der Waals surface area contributed by atoms with E-state index >= 15 is 0 Å². The van der Waals surface area contributed by atoms with E-state index in [-0.39, 0.29) is 17.9 Å². The third-order valence-electron chi connectivity index (χ3n) is 5.49. The van der Waals surface area contributed by atoms with Crippen molar-refractivity contribution in [1.29, 1.82) is 0 Å². The van der Waals surface area contributed by atoms with Crippen LogP contribution in [0.3, 0.4) is 0 Å². The number of nitrogens with zero attached hydrogens (tertiary/aromatic N) is 2. The Morgan fingerprint density at radius 2 is 1.78 bits per heavy atom. The number of thiocarbonyl (C=S) groups is 1. The van der Waals surface area contributed by atoms with Crippen molar-refractivity contribution in [2.75, 3.05) is 12.0 Å². The van der Waals surface area contributed by atoms with Crippen LogP contribution in [0.4, 0.5) is 10.1 Å². The smallest absolute Gasteiger partial charge is 0.174 e. The number of pyridine rings is 1. The zero-order chi connectivity index (χ0) is 22.1. The summed E-state index contributed by atoms with van der Waals surface area (Å²) in [7, 11) is 1.64. The van der Waals surface area contributed by atoms with Gasteiger partial charge in [-0.1, -0.05) is 18.2 Å². The number of hydrogen-bond acceptors (Lipinski definition) is 4. The molecular weight excluding hydrogens is 425 g/mol. The Bertz CT molecular complexity index is 1240. The summed E-state index contributed by atoms with van der Waals surface area (Å²) in [6.45, 7) is 0. The van der Waals surface area contributed by atoms with Crippen LogP contribution in [0, 0.1) is 5.82 Å². The summed E-state index contributed by atoms with van der Waals surface area (Å²) in [5.41, 5.74) is 2.47. The molecule has 1 aliphatic rings. The number of para-hydroxylation sites is 2. The topological polar surface area (TPSA) is 50.5 Å². The number of rotatable bonds is 5. The minimum atomic E-state index is -0.303. The maximum absolute atomic E-state index is 13.4. The number of benzene rings is 2. The monoisotopic (exact) mass is 445 g/mol. The zero-order valence-electron chi connectivity index (χ0n) is 17.2. The summed E-state index contributed by atoms with van der Waals surface area (Å²) in [4.78, 5) is 6.55. The van der Waals surface area contributed by atoms with Gasteiger partial charge < -0.3 is 19.4 Å². The van der Waals surface area contributed by atoms with Crippen LogP contribution in [0.2, 0.25) is 0 Å². The van der Waals surface area contributed by atoms with Gasteiger partial charge in [-0.05, 0) is 72.9 Å². The van der Waals surface area contributed by atoms with Gasteiger partial charge in [0.2, 0.25) is 0 Å². The molecule has 5 nitrogen and oxygen atoms in total. The third kappa shape index (κ3) is 3.61. The zero-order valence-corrected chi connectivity index (χ0v) is 18.1. The highest BCUT2D eigenvalue weighted by molar-refractivity contribution is 7.80. The molecule has 1 fully saturated rings. The van der Waals surface area contributed by atoms with Crippen molar-refractivity contribution < 1.29 is 13.5 Å². The number of halogens is 1. The molecule has 0 amide bonds. The molecule has 1 saturated heterocycles. The lowest BCUT2D eigenvalue weighted by Crippen LogP contribution is -2.29. The summed E-state index contributed by atoms with van der Waals surface area (Å²) >= 11 is 5.75. The van der Waals surface area contributed by atoms with E-state index < -0.39 is 0 Å². The first-order valence-electron chi connectivity index (χ1n) is 10.1. The molecule has 7 heteroatoms. The van der Waals surface area contributed by atoms with Crippen LogP contribution in [0.15, 0.2) is 89.5 Å². The van der Waals surface area contributed by atoms with Gasteiger partial charge in [-0.15, -0.1) is 0 Å². The van der Waals surface area contributed by atoms with Gasteiger partial charge in [0.25, 0.3) is 0 Å². The molecule has 5 rings (SSSR count). The Balaban J connectivity index is 1.61. The number of ether oxygens (including phenoxy) is 1. The number of furan rings is 1. The average Bonchev–Trinajstić information content (AvgIpc) is 3.44. The standard InChI is InChI=1S/C25H20FN3O2S/c1-30-21-8-3-2-7-19(21)29-24(23(28-25(29)32)18-6-4-5-15-27-18)22-14-13-20(31-22)16-9-11-17(26)12-10-16/h2-15,23-24H,1H3,(H,28,32)/t23-,24+/m1/s1. The molecule has 4 aromatic rings. The van der Waals surface area contributed by atoms with Crippen LogP contribution in [-0.2, 0) is 0 Å². The summed E-state index contributed by atoms with van der Waals surface area (Å²) < 4.78 is 25.3. The lowest BCUT2D eigenvalue weighted by atomic mass is 10.0. The fourth-order valence-electron chi connectivity index (χ4n) is 4.01. The molecule has 0 unspecified atom stereocenters. The molecule has 0 bridgehead atoms. The maximum Gasteiger partial charge on any atom is 0.174 e. The van der Waals surface area contributed by atoms with Crippen LogP contribution in [0.25, 0.3) is 11.3 Å². The number of nitrogens with one attached hydrogen (secondary N) is 1. The lowest BCUT2D eigenvalue weighted by molar-refractivity contribution is 0.409. The number of hydrogen-bond donors (Lipinski definition) is 1. The molecule has 0 radical (unpaired) electrons. The Morgan fingerprint density at radius 1 is 1.00 bits per heavy atom. The van der Waals surface area contributed by atoms with Gasteiger partial charge in [0.05, 0.1) is 24.5 Å². The first-order chi connectivity index (χ1) is 15.7. The summed E-state index contributed by atoms with van der Waals surface area (Å²) in [6.07, 6.45) is 1.76. The Morgan fingerprint density at radius 3 is 2.53 bits per heavy atom. The van der Waals surface area contributed by atoms with Crippen molar-refractivity contribution >= 4 is 23.0 Å². The average molecular weight is 446 g/mol. The summed E-state index contributed by atoms with van der Waals surface area (Å²) in [5.74, 6) is 1.77. The Hall–Kier alpha value is -3.71. The Labute approximate surface area is 190 Å². The van der Waals surface area contributed by atoms with Gasteiger partial charge >= 0.3 is 0 Å². The molecule has 1 N–H and O–H groups in total. The van der Waals surface area contributed by atoms with Gasteiger partial charge in [-0.3, -0.25) is 4.98 Å². The van der Waals surface area contributed by atoms with E-state index in [0.29, 0.717) is 22.4 Å². The van der Waals surface area contributed by atoms with E-state index in [1.165, 1.54) is 12.1 Å². The van der Waals surface area contributed by atoms with E-state index in [0.717, 1.165) is 16.9 Å². The van der Waals surface area contributed by atoms with Gasteiger partial charge in [0.15, 0.2) is 5.11 Å². The molecule has 0 saturated carbocycles. The quantitative estimate of drug-likeness (QED) is 0.400. The third-order valence-corrected chi connectivity index (χ3v) is 5.80. The van der Waals surface area contributed by atoms with Crippen LogP contribution >= 0.6 is 12.2 Å². The number of methoxy groups -OCH3 is 1. The van der Waals surface area contributed by atoms with E-state index in [1.807, 2.05) is 59.5 Å². The highest BCUT2D eigenvalue weighted by Crippen LogP contribution is 2.45. The van der Waals surface area contributed by atoms with Gasteiger partial charge in [-0.2, -0.15) is 0 Å². The van der Waals surface area contributed by atoms with Crippen LogP contribution in [0.1, 0.15) is 23.5 Å². The normalized spacial score (nSPS) is 17.9. The van der Waals surface area contributed by atoms with Gasteiger partial charge in [0, 0.05) is 11.8 Å². The van der Waals surface area contributed by atoms with E-state index in [4.69, 9.17) is 21.4 Å². The fraction of sp³-hybridized carbons (Fsp3) is 0.120. The second-order valence-electron chi connectivity index (χ2n) is 7.38. The number of aromatic nitrogens is 1. The Kier molecular flexibility index (Phi) is 5.33. The first kappa shape index (κ1) is 20.2. The molecule has 160 valence electrons. The van der Waals surface area contributed by atoms with Gasteiger partial charge in [-0.25, -0.2) is 4.39 Å². The van der Waals surface area contributed by atoms with Crippen LogP contribution in [0.5, 0.6) is 5.75 Å². The van der Waals surface area contributed by atoms with Crippen LogP contribution in [-0.4, -0.2) is 17.2 Å². The first-order valence-corrected chi connectivity index (χ1v) is 10.6. The van der Waals surface area contributed by atoms with E-state index in [2.05, 4.69) is 10.3 Å². The predicted octanol–water partition coefficient (Wildman–Crippen LogP) is 5.67. The van der Waals surface area contributed by atoms with Crippen molar-refractivity contribution in [2.45, 2.75) is 12.1 Å². The minimum absolute atomic E-state index is 0.235. The van der Waals surface area contributed by atoms with Crippen molar-refractivity contribution in [1.82, 2.24) is 10.3 Å². The highest BCUT2D eigenvalue weighted by Gasteiger charge is 2.43. The van der Waals surface area contributed by atoms with Gasteiger partial charge in [0.1, 0.15) is 29.1 Å². The lowest BCUT2D eigenvalue weighted by Gasteiger charge is -2.27. The number of anilines is 1. The second kappa shape index (κ2) is 8.43. The van der Waals surface area contributed by atoms with Crippen molar-refractivity contribution in [3.8, 4) is 17.1 Å². The molecule has 2 atom stereocenters. The van der Waals surface area contributed by atoms with Crippen molar-refractivity contribution in [3.63, 3.8) is 0 Å². The summed E-state index contributed by atoms with van der Waals surface area (Å²) in [5, 5.41) is 3.96. The molecule has 32 heavy (non-hydrogen) atoms. The maximum atomic E-state index is 13.4. The fourth-order valence-corrected chi connectivity index (χ4v) is 4.35. The predicted molar refractivity (Wildman–Crippen MR) is 125 cm³/mol. The molecule has 3 heterocycles. The van der Waals surface area contributed by atoms with E-state index in [9.17, 15) is 4.39 Å². The van der Waals surface area contributed by atoms with Crippen molar-refractivity contribution in [2.24, 2.45) is 0 Å². The minimum Gasteiger partial charge on any atom is -0.495 e. The largest absolute Gasteiger partial charge is 0.495 e. The summed E-state index contributed by atoms with van der Waals surface area (Å²) in [6, 6.07) is 23.0. The molecule has 2 aromatic carbocycles. The second-order valence-corrected chi connectivity index (χ2v) is 7.76. The molecular formula is C25H20FN3O2S. The van der Waals surface area contributed by atoms with E-state index in [1.54, 1.807) is 25.4 Å². The molecule has 2 aromatic heterocycles. The molecule has 1 aliphatic heterocycles. The van der Waals surface area contributed by atoms with Crippen LogP contribution < -0.4 is 15.0 Å². The van der Waals surface area contributed by atoms with Crippen molar-refractivity contribution in [3.05, 3.63) is 102 Å². The molecule has 0 aliphatic carbocycles. The highest BCUT2D eigenvalue weighted by atomic mass is 32.1.